The van der Waals surface area contributed by atoms with E-state index >= 15 is 0 Å². The molecule has 1 N–H and O–H groups in total. The first-order valence-corrected chi connectivity index (χ1v) is 8.96. The van der Waals surface area contributed by atoms with Gasteiger partial charge in [0.25, 0.3) is 5.91 Å². The molecule has 0 bridgehead atoms. The van der Waals surface area contributed by atoms with Crippen LogP contribution in [0, 0.1) is 6.92 Å². The first kappa shape index (κ1) is 21.1. The van der Waals surface area contributed by atoms with Gasteiger partial charge < -0.3 is 10.1 Å². The predicted octanol–water partition coefficient (Wildman–Crippen LogP) is 4.38. The van der Waals surface area contributed by atoms with E-state index in [4.69, 9.17) is 4.74 Å². The number of hydrogen-bond donors (Lipinski definition) is 1. The van der Waals surface area contributed by atoms with Gasteiger partial charge in [-0.05, 0) is 56.3 Å². The third-order valence-corrected chi connectivity index (χ3v) is 4.32. The minimum Gasteiger partial charge on any atom is -0.449 e. The van der Waals surface area contributed by atoms with Crippen LogP contribution in [0.25, 0.3) is 5.69 Å². The Bertz CT molecular complexity index is 1060. The van der Waals surface area contributed by atoms with Gasteiger partial charge in [0.05, 0.1) is 22.5 Å². The van der Waals surface area contributed by atoms with Crippen LogP contribution in [0.5, 0.6) is 0 Å². The average molecular weight is 417 g/mol. The second-order valence-corrected chi connectivity index (χ2v) is 6.51. The standard InChI is InChI=1S/C21H18F3N3O3/c1-13-11-12-25-27(13)16-9-7-15(8-10-16)20(29)30-14(2)19(28)26-18-6-4-3-5-17(18)21(22,23)24/h3-12,14H,1-2H3,(H,26,28)/t14-/m0/s1. The number of amides is 1. The molecule has 3 aromatic rings. The SMILES string of the molecule is Cc1ccnn1-c1ccc(C(=O)O[C@@H](C)C(=O)Nc2ccccc2C(F)(F)F)cc1. The zero-order chi connectivity index (χ0) is 21.9. The smallest absolute Gasteiger partial charge is 0.418 e. The van der Waals surface area contributed by atoms with E-state index < -0.39 is 35.4 Å². The Kier molecular flexibility index (Phi) is 5.91. The van der Waals surface area contributed by atoms with Gasteiger partial charge in [0.1, 0.15) is 0 Å². The summed E-state index contributed by atoms with van der Waals surface area (Å²) in [6.45, 7) is 3.16. The van der Waals surface area contributed by atoms with Gasteiger partial charge in [-0.15, -0.1) is 0 Å². The average Bonchev–Trinajstić information content (AvgIpc) is 3.13. The molecule has 6 nitrogen and oxygen atoms in total. The number of nitrogens with one attached hydrogen (secondary N) is 1. The molecule has 1 amide bonds. The fourth-order valence-electron chi connectivity index (χ4n) is 2.73. The van der Waals surface area contributed by atoms with E-state index in [-0.39, 0.29) is 5.56 Å². The Morgan fingerprint density at radius 2 is 1.73 bits per heavy atom. The lowest BCUT2D eigenvalue weighted by Gasteiger charge is -2.17. The number of hydrogen-bond acceptors (Lipinski definition) is 4. The number of carbonyl (C=O) groups excluding carboxylic acids is 2. The summed E-state index contributed by atoms with van der Waals surface area (Å²) in [7, 11) is 0. The first-order valence-electron chi connectivity index (χ1n) is 8.96. The molecule has 30 heavy (non-hydrogen) atoms. The maximum Gasteiger partial charge on any atom is 0.418 e. The quantitative estimate of drug-likeness (QED) is 0.625. The van der Waals surface area contributed by atoms with Crippen molar-refractivity contribution in [2.24, 2.45) is 0 Å². The van der Waals surface area contributed by atoms with Gasteiger partial charge in [-0.2, -0.15) is 18.3 Å². The number of benzene rings is 2. The van der Waals surface area contributed by atoms with Gasteiger partial charge in [-0.3, -0.25) is 4.79 Å². The molecule has 0 fully saturated rings. The Morgan fingerprint density at radius 1 is 1.07 bits per heavy atom. The van der Waals surface area contributed by atoms with E-state index in [9.17, 15) is 22.8 Å². The first-order chi connectivity index (χ1) is 14.2. The summed E-state index contributed by atoms with van der Waals surface area (Å²) in [6.07, 6.45) is -4.28. The van der Waals surface area contributed by atoms with Gasteiger partial charge in [0.15, 0.2) is 6.10 Å². The summed E-state index contributed by atoms with van der Waals surface area (Å²) in [4.78, 5) is 24.5. The summed E-state index contributed by atoms with van der Waals surface area (Å²) >= 11 is 0. The number of para-hydroxylation sites is 1. The van der Waals surface area contributed by atoms with E-state index in [1.807, 2.05) is 13.0 Å². The normalized spacial score (nSPS) is 12.3. The molecule has 0 aliphatic rings. The Morgan fingerprint density at radius 3 is 2.33 bits per heavy atom. The topological polar surface area (TPSA) is 73.2 Å². The zero-order valence-corrected chi connectivity index (χ0v) is 16.1. The summed E-state index contributed by atoms with van der Waals surface area (Å²) in [6, 6.07) is 12.8. The van der Waals surface area contributed by atoms with Crippen LogP contribution in [0.1, 0.15) is 28.5 Å². The van der Waals surface area contributed by atoms with Crippen LogP contribution in [0.4, 0.5) is 18.9 Å². The number of nitrogens with zero attached hydrogens (tertiary/aromatic N) is 2. The van der Waals surface area contributed by atoms with Crippen LogP contribution in [-0.4, -0.2) is 27.8 Å². The fraction of sp³-hybridized carbons (Fsp3) is 0.190. The third-order valence-electron chi connectivity index (χ3n) is 4.32. The van der Waals surface area contributed by atoms with Crippen molar-refractivity contribution >= 4 is 17.6 Å². The predicted molar refractivity (Wildman–Crippen MR) is 103 cm³/mol. The van der Waals surface area contributed by atoms with Gasteiger partial charge in [0.2, 0.25) is 0 Å². The van der Waals surface area contributed by atoms with Gasteiger partial charge in [-0.1, -0.05) is 12.1 Å². The lowest BCUT2D eigenvalue weighted by Crippen LogP contribution is -2.30. The highest BCUT2D eigenvalue weighted by atomic mass is 19.4. The molecule has 0 aliphatic carbocycles. The Hall–Kier alpha value is -3.62. The van der Waals surface area contributed by atoms with E-state index in [2.05, 4.69) is 10.4 Å². The van der Waals surface area contributed by atoms with Crippen molar-refractivity contribution in [1.29, 1.82) is 0 Å². The number of aromatic nitrogens is 2. The maximum absolute atomic E-state index is 13.0. The zero-order valence-electron chi connectivity index (χ0n) is 16.1. The van der Waals surface area contributed by atoms with Gasteiger partial charge >= 0.3 is 12.1 Å². The summed E-state index contributed by atoms with van der Waals surface area (Å²) in [5.74, 6) is -1.64. The molecular formula is C21H18F3N3O3. The number of anilines is 1. The summed E-state index contributed by atoms with van der Waals surface area (Å²) in [5.41, 5.74) is 0.454. The number of alkyl halides is 3. The number of carbonyl (C=O) groups is 2. The van der Waals surface area contributed by atoms with Crippen molar-refractivity contribution in [3.8, 4) is 5.69 Å². The highest BCUT2D eigenvalue weighted by Gasteiger charge is 2.34. The third kappa shape index (κ3) is 4.68. The van der Waals surface area contributed by atoms with Crippen LogP contribution in [0.2, 0.25) is 0 Å². The lowest BCUT2D eigenvalue weighted by atomic mass is 10.1. The molecule has 156 valence electrons. The highest BCUT2D eigenvalue weighted by Crippen LogP contribution is 2.34. The number of rotatable bonds is 5. The largest absolute Gasteiger partial charge is 0.449 e. The monoisotopic (exact) mass is 417 g/mol. The van der Waals surface area contributed by atoms with Crippen LogP contribution in [0.15, 0.2) is 60.8 Å². The molecule has 0 saturated heterocycles. The van der Waals surface area contributed by atoms with Crippen molar-refractivity contribution in [2.45, 2.75) is 26.1 Å². The molecule has 0 radical (unpaired) electrons. The van der Waals surface area contributed by atoms with Crippen molar-refractivity contribution in [1.82, 2.24) is 9.78 Å². The maximum atomic E-state index is 13.0. The van der Waals surface area contributed by atoms with Gasteiger partial charge in [-0.25, -0.2) is 9.48 Å². The summed E-state index contributed by atoms with van der Waals surface area (Å²) in [5, 5.41) is 6.32. The molecule has 0 unspecified atom stereocenters. The van der Waals surface area contributed by atoms with Gasteiger partial charge in [0, 0.05) is 11.9 Å². The number of esters is 1. The molecule has 1 heterocycles. The van der Waals surface area contributed by atoms with E-state index in [0.29, 0.717) is 0 Å². The van der Waals surface area contributed by atoms with Crippen LogP contribution in [-0.2, 0) is 15.7 Å². The molecule has 2 aromatic carbocycles. The van der Waals surface area contributed by atoms with E-state index in [1.54, 1.807) is 23.0 Å². The Balaban J connectivity index is 1.66. The number of ether oxygens (including phenoxy) is 1. The lowest BCUT2D eigenvalue weighted by molar-refractivity contribution is -0.137. The van der Waals surface area contributed by atoms with Crippen LogP contribution < -0.4 is 5.32 Å². The molecule has 9 heteroatoms. The second-order valence-electron chi connectivity index (χ2n) is 6.51. The highest BCUT2D eigenvalue weighted by molar-refractivity contribution is 5.97. The van der Waals surface area contributed by atoms with E-state index in [0.717, 1.165) is 23.5 Å². The summed E-state index contributed by atoms with van der Waals surface area (Å²) < 4.78 is 45.9. The van der Waals surface area contributed by atoms with E-state index in [1.165, 1.54) is 31.2 Å². The molecule has 0 spiro atoms. The molecule has 1 aromatic heterocycles. The molecule has 3 rings (SSSR count). The van der Waals surface area contributed by atoms with Crippen molar-refractivity contribution in [2.75, 3.05) is 5.32 Å². The number of halogens is 3. The number of aryl methyl sites for hydroxylation is 1. The molecule has 0 saturated carbocycles. The molecule has 1 atom stereocenters. The molecular weight excluding hydrogens is 399 g/mol. The Labute approximate surface area is 170 Å². The molecule has 0 aliphatic heterocycles. The minimum atomic E-state index is -4.63. The van der Waals surface area contributed by atoms with Crippen LogP contribution in [0.3, 0.4) is 0 Å². The van der Waals surface area contributed by atoms with Crippen molar-refractivity contribution in [3.63, 3.8) is 0 Å². The van der Waals surface area contributed by atoms with Crippen molar-refractivity contribution in [3.05, 3.63) is 77.6 Å². The van der Waals surface area contributed by atoms with Crippen molar-refractivity contribution < 1.29 is 27.5 Å². The second kappa shape index (κ2) is 8.40. The minimum absolute atomic E-state index is 0.193. The fourth-order valence-corrected chi connectivity index (χ4v) is 2.73. The van der Waals surface area contributed by atoms with Crippen LogP contribution >= 0.6 is 0 Å².